The van der Waals surface area contributed by atoms with Crippen molar-refractivity contribution in [2.45, 2.75) is 70.0 Å². The zero-order valence-electron chi connectivity index (χ0n) is 15.5. The number of furan rings is 1. The number of rotatable bonds is 7. The second kappa shape index (κ2) is 7.43. The molecule has 3 fully saturated rings. The van der Waals surface area contributed by atoms with Crippen molar-refractivity contribution in [3.8, 4) is 0 Å². The number of amides is 2. The van der Waals surface area contributed by atoms with E-state index >= 15 is 0 Å². The lowest BCUT2D eigenvalue weighted by atomic mass is 10.1. The number of nitrogens with one attached hydrogen (secondary N) is 2. The molecule has 1 aromatic heterocycles. The fourth-order valence-corrected chi connectivity index (χ4v) is 3.85. The number of nitrogens with zero attached hydrogens (tertiary/aromatic N) is 1. The highest BCUT2D eigenvalue weighted by atomic mass is 16.3. The maximum Gasteiger partial charge on any atom is 0.242 e. The summed E-state index contributed by atoms with van der Waals surface area (Å²) < 4.78 is 6.01. The topological polar surface area (TPSA) is 74.6 Å². The van der Waals surface area contributed by atoms with Gasteiger partial charge in [-0.2, -0.15) is 0 Å². The van der Waals surface area contributed by atoms with Crippen molar-refractivity contribution in [2.75, 3.05) is 13.1 Å². The van der Waals surface area contributed by atoms with Gasteiger partial charge >= 0.3 is 0 Å². The lowest BCUT2D eigenvalue weighted by molar-refractivity contribution is -0.129. The number of carbonyl (C=O) groups is 2. The van der Waals surface area contributed by atoms with E-state index in [0.717, 1.165) is 49.5 Å². The van der Waals surface area contributed by atoms with Crippen LogP contribution in [0.5, 0.6) is 0 Å². The monoisotopic (exact) mass is 359 g/mol. The summed E-state index contributed by atoms with van der Waals surface area (Å²) in [5.74, 6) is 3.21. The third kappa shape index (κ3) is 4.29. The van der Waals surface area contributed by atoms with E-state index in [1.807, 2.05) is 6.07 Å². The zero-order valence-corrected chi connectivity index (χ0v) is 15.5. The highest BCUT2D eigenvalue weighted by Crippen LogP contribution is 2.47. The van der Waals surface area contributed by atoms with Gasteiger partial charge in [-0.15, -0.1) is 0 Å². The van der Waals surface area contributed by atoms with Crippen LogP contribution in [0.4, 0.5) is 0 Å². The molecule has 2 amide bonds. The molecule has 6 heteroatoms. The molecule has 0 spiro atoms. The first-order valence-electron chi connectivity index (χ1n) is 10.00. The Bertz CT molecular complexity index is 667. The van der Waals surface area contributed by atoms with Crippen molar-refractivity contribution >= 4 is 11.8 Å². The van der Waals surface area contributed by atoms with Crippen molar-refractivity contribution in [3.63, 3.8) is 0 Å². The molecule has 2 heterocycles. The number of hydrogen-bond donors (Lipinski definition) is 2. The molecular weight excluding hydrogens is 330 g/mol. The van der Waals surface area contributed by atoms with Crippen LogP contribution in [-0.4, -0.2) is 41.9 Å². The number of hydrogen-bond acceptors (Lipinski definition) is 4. The molecule has 6 nitrogen and oxygen atoms in total. The SMILES string of the molecule is C[C@@H]1C[C@@H]1c1ccc(CN(CC(=O)N[C@H]2CCCCNC2=O)C2CC2)o1. The minimum Gasteiger partial charge on any atom is -0.464 e. The van der Waals surface area contributed by atoms with Crippen LogP contribution in [0.1, 0.15) is 62.9 Å². The van der Waals surface area contributed by atoms with E-state index in [0.29, 0.717) is 31.6 Å². The summed E-state index contributed by atoms with van der Waals surface area (Å²) in [5.41, 5.74) is 0. The molecule has 3 atom stereocenters. The molecule has 2 aliphatic carbocycles. The van der Waals surface area contributed by atoms with Gasteiger partial charge in [0, 0.05) is 18.5 Å². The molecule has 142 valence electrons. The van der Waals surface area contributed by atoms with E-state index in [-0.39, 0.29) is 11.8 Å². The van der Waals surface area contributed by atoms with Gasteiger partial charge in [0.25, 0.3) is 0 Å². The Balaban J connectivity index is 1.32. The molecule has 3 aliphatic rings. The Morgan fingerprint density at radius 2 is 2.12 bits per heavy atom. The van der Waals surface area contributed by atoms with Gasteiger partial charge in [0.2, 0.25) is 11.8 Å². The second-order valence-electron chi connectivity index (χ2n) is 8.17. The Kier molecular flexibility index (Phi) is 5.02. The van der Waals surface area contributed by atoms with Crippen LogP contribution in [0.2, 0.25) is 0 Å². The lowest BCUT2D eigenvalue weighted by Crippen LogP contribution is -2.48. The van der Waals surface area contributed by atoms with E-state index in [1.165, 1.54) is 6.42 Å². The van der Waals surface area contributed by atoms with E-state index < -0.39 is 6.04 Å². The van der Waals surface area contributed by atoms with Gasteiger partial charge in [0.05, 0.1) is 13.1 Å². The second-order valence-corrected chi connectivity index (χ2v) is 8.17. The Hall–Kier alpha value is -1.82. The maximum absolute atomic E-state index is 12.5. The molecule has 0 unspecified atom stereocenters. The molecule has 0 aromatic carbocycles. The predicted octanol–water partition coefficient (Wildman–Crippen LogP) is 2.15. The molecule has 4 rings (SSSR count). The van der Waals surface area contributed by atoms with E-state index in [2.05, 4.69) is 28.5 Å². The smallest absolute Gasteiger partial charge is 0.242 e. The Morgan fingerprint density at radius 1 is 1.31 bits per heavy atom. The first-order chi connectivity index (χ1) is 12.6. The Morgan fingerprint density at radius 3 is 2.85 bits per heavy atom. The maximum atomic E-state index is 12.5. The molecule has 0 radical (unpaired) electrons. The summed E-state index contributed by atoms with van der Waals surface area (Å²) in [6.45, 7) is 3.94. The van der Waals surface area contributed by atoms with E-state index in [9.17, 15) is 9.59 Å². The summed E-state index contributed by atoms with van der Waals surface area (Å²) in [7, 11) is 0. The van der Waals surface area contributed by atoms with Gasteiger partial charge in [-0.05, 0) is 56.6 Å². The quantitative estimate of drug-likeness (QED) is 0.782. The highest BCUT2D eigenvalue weighted by molar-refractivity contribution is 5.88. The summed E-state index contributed by atoms with van der Waals surface area (Å²) in [4.78, 5) is 26.7. The van der Waals surface area contributed by atoms with Crippen LogP contribution in [0.25, 0.3) is 0 Å². The predicted molar refractivity (Wildman–Crippen MR) is 97.5 cm³/mol. The molecule has 1 aromatic rings. The molecule has 26 heavy (non-hydrogen) atoms. The van der Waals surface area contributed by atoms with Gasteiger partial charge in [-0.1, -0.05) is 6.92 Å². The molecule has 1 aliphatic heterocycles. The third-order valence-corrected chi connectivity index (χ3v) is 5.80. The van der Waals surface area contributed by atoms with Crippen LogP contribution < -0.4 is 10.6 Å². The van der Waals surface area contributed by atoms with Gasteiger partial charge in [-0.3, -0.25) is 14.5 Å². The molecule has 2 saturated carbocycles. The molecular formula is C20H29N3O3. The minimum atomic E-state index is -0.391. The lowest BCUT2D eigenvalue weighted by Gasteiger charge is -2.22. The van der Waals surface area contributed by atoms with Crippen LogP contribution >= 0.6 is 0 Å². The molecule has 1 saturated heterocycles. The largest absolute Gasteiger partial charge is 0.464 e. The fraction of sp³-hybridized carbons (Fsp3) is 0.700. The normalized spacial score (nSPS) is 28.5. The van der Waals surface area contributed by atoms with Crippen LogP contribution in [0.15, 0.2) is 16.5 Å². The summed E-state index contributed by atoms with van der Waals surface area (Å²) >= 11 is 0. The van der Waals surface area contributed by atoms with Crippen molar-refractivity contribution in [1.82, 2.24) is 15.5 Å². The number of carbonyl (C=O) groups excluding carboxylic acids is 2. The van der Waals surface area contributed by atoms with Gasteiger partial charge in [0.15, 0.2) is 0 Å². The summed E-state index contributed by atoms with van der Waals surface area (Å²) in [6, 6.07) is 4.20. The standard InChI is InChI=1S/C20H29N3O3/c1-13-10-16(13)18-8-7-15(26-18)11-23(14-5-6-14)12-19(24)22-17-4-2-3-9-21-20(17)25/h7-8,13-14,16-17H,2-6,9-12H2,1H3,(H,21,25)(H,22,24)/t13-,16+,17+/m1/s1. The average Bonchev–Trinajstić information content (AvgIpc) is 3.52. The van der Waals surface area contributed by atoms with Crippen molar-refractivity contribution in [1.29, 1.82) is 0 Å². The van der Waals surface area contributed by atoms with E-state index in [4.69, 9.17) is 4.42 Å². The van der Waals surface area contributed by atoms with Gasteiger partial charge < -0.3 is 15.1 Å². The van der Waals surface area contributed by atoms with Gasteiger partial charge in [0.1, 0.15) is 17.6 Å². The van der Waals surface area contributed by atoms with Crippen LogP contribution in [-0.2, 0) is 16.1 Å². The first kappa shape index (κ1) is 17.6. The minimum absolute atomic E-state index is 0.0527. The van der Waals surface area contributed by atoms with Gasteiger partial charge in [-0.25, -0.2) is 0 Å². The highest BCUT2D eigenvalue weighted by Gasteiger charge is 2.37. The summed E-state index contributed by atoms with van der Waals surface area (Å²) in [5, 5.41) is 5.79. The van der Waals surface area contributed by atoms with Crippen molar-refractivity contribution in [2.24, 2.45) is 5.92 Å². The molecule has 0 bridgehead atoms. The first-order valence-corrected chi connectivity index (χ1v) is 10.00. The van der Waals surface area contributed by atoms with Crippen LogP contribution in [0.3, 0.4) is 0 Å². The van der Waals surface area contributed by atoms with E-state index in [1.54, 1.807) is 0 Å². The van der Waals surface area contributed by atoms with Crippen molar-refractivity contribution in [3.05, 3.63) is 23.7 Å². The zero-order chi connectivity index (χ0) is 18.1. The van der Waals surface area contributed by atoms with Crippen molar-refractivity contribution < 1.29 is 14.0 Å². The third-order valence-electron chi connectivity index (χ3n) is 5.80. The molecule has 2 N–H and O–H groups in total. The fourth-order valence-electron chi connectivity index (χ4n) is 3.85. The summed E-state index contributed by atoms with van der Waals surface area (Å²) in [6.07, 6.45) is 6.14. The van der Waals surface area contributed by atoms with Crippen LogP contribution in [0, 0.1) is 5.92 Å². The average molecular weight is 359 g/mol. The Labute approximate surface area is 154 Å².